The molecule has 0 aliphatic heterocycles. The third kappa shape index (κ3) is 5.42. The standard InChI is InChI=1S/C12H15ClN2O3S/c1-3-8-15(19(2,17)18)9-12(16)14-11-6-4-10(13)5-7-11/h3-7H,1,8-9H2,2H3,(H,14,16). The maximum absolute atomic E-state index is 11.7. The highest BCUT2D eigenvalue weighted by molar-refractivity contribution is 7.88. The topological polar surface area (TPSA) is 66.5 Å². The summed E-state index contributed by atoms with van der Waals surface area (Å²) in [6.07, 6.45) is 2.47. The van der Waals surface area contributed by atoms with Gasteiger partial charge < -0.3 is 5.32 Å². The highest BCUT2D eigenvalue weighted by atomic mass is 35.5. The molecule has 0 fully saturated rings. The van der Waals surface area contributed by atoms with Gasteiger partial charge in [-0.3, -0.25) is 4.79 Å². The molecular weight excluding hydrogens is 288 g/mol. The molecule has 0 heterocycles. The lowest BCUT2D eigenvalue weighted by molar-refractivity contribution is -0.116. The van der Waals surface area contributed by atoms with Gasteiger partial charge in [-0.15, -0.1) is 6.58 Å². The van der Waals surface area contributed by atoms with Crippen LogP contribution in [-0.2, 0) is 14.8 Å². The summed E-state index contributed by atoms with van der Waals surface area (Å²) < 4.78 is 23.9. The monoisotopic (exact) mass is 302 g/mol. The van der Waals surface area contributed by atoms with Crippen LogP contribution < -0.4 is 5.32 Å². The zero-order valence-corrected chi connectivity index (χ0v) is 12.0. The number of benzene rings is 1. The van der Waals surface area contributed by atoms with E-state index in [2.05, 4.69) is 11.9 Å². The molecule has 104 valence electrons. The molecular formula is C12H15ClN2O3S. The molecule has 0 radical (unpaired) electrons. The summed E-state index contributed by atoms with van der Waals surface area (Å²) in [5.41, 5.74) is 0.557. The minimum absolute atomic E-state index is 0.0901. The smallest absolute Gasteiger partial charge is 0.239 e. The fraction of sp³-hybridized carbons (Fsp3) is 0.250. The number of nitrogens with zero attached hydrogens (tertiary/aromatic N) is 1. The van der Waals surface area contributed by atoms with E-state index in [1.807, 2.05) is 0 Å². The number of hydrogen-bond acceptors (Lipinski definition) is 3. The van der Waals surface area contributed by atoms with E-state index in [0.717, 1.165) is 10.6 Å². The SMILES string of the molecule is C=CCN(CC(=O)Nc1ccc(Cl)cc1)S(C)(=O)=O. The Balaban J connectivity index is 2.68. The van der Waals surface area contributed by atoms with Crippen LogP contribution in [0.2, 0.25) is 5.02 Å². The lowest BCUT2D eigenvalue weighted by Gasteiger charge is -2.17. The molecule has 0 saturated carbocycles. The number of carbonyl (C=O) groups is 1. The van der Waals surface area contributed by atoms with E-state index in [1.54, 1.807) is 24.3 Å². The van der Waals surface area contributed by atoms with Gasteiger partial charge in [0.15, 0.2) is 0 Å². The van der Waals surface area contributed by atoms with Crippen molar-refractivity contribution in [3.63, 3.8) is 0 Å². The quantitative estimate of drug-likeness (QED) is 0.814. The van der Waals surface area contributed by atoms with Crippen LogP contribution in [-0.4, -0.2) is 38.0 Å². The number of hydrogen-bond donors (Lipinski definition) is 1. The second kappa shape index (κ2) is 6.70. The molecule has 0 spiro atoms. The Bertz CT molecular complexity index is 555. The molecule has 0 aliphatic rings. The average molecular weight is 303 g/mol. The van der Waals surface area contributed by atoms with Crippen molar-refractivity contribution >= 4 is 33.2 Å². The van der Waals surface area contributed by atoms with E-state index < -0.39 is 15.9 Å². The number of rotatable bonds is 6. The van der Waals surface area contributed by atoms with Crippen LogP contribution in [0.4, 0.5) is 5.69 Å². The summed E-state index contributed by atoms with van der Waals surface area (Å²) >= 11 is 5.72. The van der Waals surface area contributed by atoms with Crippen LogP contribution in [0, 0.1) is 0 Å². The fourth-order valence-electron chi connectivity index (χ4n) is 1.36. The first-order valence-electron chi connectivity index (χ1n) is 5.44. The number of amides is 1. The Morgan fingerprint density at radius 1 is 1.42 bits per heavy atom. The van der Waals surface area contributed by atoms with Gasteiger partial charge in [0, 0.05) is 17.3 Å². The molecule has 0 saturated heterocycles. The molecule has 0 unspecified atom stereocenters. The maximum atomic E-state index is 11.7. The number of anilines is 1. The Morgan fingerprint density at radius 3 is 2.47 bits per heavy atom. The number of halogens is 1. The van der Waals surface area contributed by atoms with E-state index in [0.29, 0.717) is 10.7 Å². The minimum atomic E-state index is -3.44. The van der Waals surface area contributed by atoms with Crippen molar-refractivity contribution in [3.05, 3.63) is 41.9 Å². The molecule has 0 aromatic heterocycles. The van der Waals surface area contributed by atoms with Crippen molar-refractivity contribution in [2.75, 3.05) is 24.7 Å². The summed E-state index contributed by atoms with van der Waals surface area (Å²) in [6.45, 7) is 3.30. The van der Waals surface area contributed by atoms with E-state index in [9.17, 15) is 13.2 Å². The Morgan fingerprint density at radius 2 is 2.00 bits per heavy atom. The predicted molar refractivity (Wildman–Crippen MR) is 76.7 cm³/mol. The van der Waals surface area contributed by atoms with Gasteiger partial charge in [-0.2, -0.15) is 4.31 Å². The van der Waals surface area contributed by atoms with Crippen molar-refractivity contribution in [2.45, 2.75) is 0 Å². The first kappa shape index (κ1) is 15.7. The minimum Gasteiger partial charge on any atom is -0.325 e. The normalized spacial score (nSPS) is 11.3. The molecule has 1 rings (SSSR count). The average Bonchev–Trinajstić information content (AvgIpc) is 2.30. The largest absolute Gasteiger partial charge is 0.325 e. The van der Waals surface area contributed by atoms with Gasteiger partial charge >= 0.3 is 0 Å². The first-order chi connectivity index (χ1) is 8.82. The Labute approximate surface area is 117 Å². The molecule has 1 N–H and O–H groups in total. The van der Waals surface area contributed by atoms with E-state index in [1.165, 1.54) is 6.08 Å². The second-order valence-electron chi connectivity index (χ2n) is 3.90. The predicted octanol–water partition coefficient (Wildman–Crippen LogP) is 1.73. The highest BCUT2D eigenvalue weighted by Crippen LogP contribution is 2.13. The molecule has 7 heteroatoms. The van der Waals surface area contributed by atoms with Crippen molar-refractivity contribution in [1.82, 2.24) is 4.31 Å². The third-order valence-electron chi connectivity index (χ3n) is 2.25. The lowest BCUT2D eigenvalue weighted by Crippen LogP contribution is -2.37. The van der Waals surface area contributed by atoms with Crippen LogP contribution in [0.25, 0.3) is 0 Å². The Hall–Kier alpha value is -1.37. The van der Waals surface area contributed by atoms with Gasteiger partial charge in [0.05, 0.1) is 12.8 Å². The summed E-state index contributed by atoms with van der Waals surface area (Å²) in [4.78, 5) is 11.7. The van der Waals surface area contributed by atoms with Crippen LogP contribution in [0.15, 0.2) is 36.9 Å². The third-order valence-corrected chi connectivity index (χ3v) is 3.72. The molecule has 0 atom stereocenters. The number of carbonyl (C=O) groups excluding carboxylic acids is 1. The van der Waals surface area contributed by atoms with Gasteiger partial charge in [0.25, 0.3) is 0 Å². The van der Waals surface area contributed by atoms with Gasteiger partial charge in [-0.05, 0) is 24.3 Å². The van der Waals surface area contributed by atoms with Crippen molar-refractivity contribution < 1.29 is 13.2 Å². The highest BCUT2D eigenvalue weighted by Gasteiger charge is 2.18. The maximum Gasteiger partial charge on any atom is 0.239 e. The van der Waals surface area contributed by atoms with Crippen molar-refractivity contribution in [3.8, 4) is 0 Å². The first-order valence-corrected chi connectivity index (χ1v) is 7.67. The van der Waals surface area contributed by atoms with Crippen molar-refractivity contribution in [2.24, 2.45) is 0 Å². The van der Waals surface area contributed by atoms with Gasteiger partial charge in [0.2, 0.25) is 15.9 Å². The second-order valence-corrected chi connectivity index (χ2v) is 6.32. The van der Waals surface area contributed by atoms with Gasteiger partial charge in [-0.1, -0.05) is 17.7 Å². The van der Waals surface area contributed by atoms with Crippen LogP contribution in [0.1, 0.15) is 0 Å². The number of sulfonamides is 1. The molecule has 5 nitrogen and oxygen atoms in total. The molecule has 1 amide bonds. The molecule has 1 aromatic carbocycles. The zero-order valence-electron chi connectivity index (χ0n) is 10.5. The van der Waals surface area contributed by atoms with Crippen molar-refractivity contribution in [1.29, 1.82) is 0 Å². The number of nitrogens with one attached hydrogen (secondary N) is 1. The molecule has 0 aliphatic carbocycles. The lowest BCUT2D eigenvalue weighted by atomic mass is 10.3. The summed E-state index contributed by atoms with van der Waals surface area (Å²) in [6, 6.07) is 6.54. The fourth-order valence-corrected chi connectivity index (χ4v) is 2.21. The molecule has 1 aromatic rings. The van der Waals surface area contributed by atoms with Crippen LogP contribution in [0.5, 0.6) is 0 Å². The molecule has 19 heavy (non-hydrogen) atoms. The van der Waals surface area contributed by atoms with E-state index in [-0.39, 0.29) is 13.1 Å². The van der Waals surface area contributed by atoms with Gasteiger partial charge in [0.1, 0.15) is 0 Å². The zero-order chi connectivity index (χ0) is 14.5. The Kier molecular flexibility index (Phi) is 5.53. The summed E-state index contributed by atoms with van der Waals surface area (Å²) in [5.74, 6) is -0.422. The van der Waals surface area contributed by atoms with E-state index >= 15 is 0 Å². The van der Waals surface area contributed by atoms with E-state index in [4.69, 9.17) is 11.6 Å². The molecule has 0 bridgehead atoms. The van der Waals surface area contributed by atoms with Crippen LogP contribution >= 0.6 is 11.6 Å². The summed E-state index contributed by atoms with van der Waals surface area (Å²) in [5, 5.41) is 3.15. The van der Waals surface area contributed by atoms with Crippen LogP contribution in [0.3, 0.4) is 0 Å². The van der Waals surface area contributed by atoms with Gasteiger partial charge in [-0.25, -0.2) is 8.42 Å². The summed E-state index contributed by atoms with van der Waals surface area (Å²) in [7, 11) is -3.44.